The predicted octanol–water partition coefficient (Wildman–Crippen LogP) is 1.04. The summed E-state index contributed by atoms with van der Waals surface area (Å²) in [6.07, 6.45) is 0. The average molecular weight is 409 g/mol. The molecule has 0 radical (unpaired) electrons. The number of nitrogens with one attached hydrogen (secondary N) is 1. The van der Waals surface area contributed by atoms with Gasteiger partial charge in [0, 0.05) is 23.5 Å². The topological polar surface area (TPSA) is 63.8 Å². The molecule has 8 heteroatoms. The highest BCUT2D eigenvalue weighted by Crippen LogP contribution is 2.19. The van der Waals surface area contributed by atoms with E-state index in [-0.39, 0.29) is 23.8 Å². The first-order chi connectivity index (χ1) is 13.3. The second kappa shape index (κ2) is 8.14. The molecule has 1 fully saturated rings. The van der Waals surface area contributed by atoms with Gasteiger partial charge in [-0.2, -0.15) is 4.31 Å². The van der Waals surface area contributed by atoms with Gasteiger partial charge < -0.3 is 9.47 Å². The van der Waals surface area contributed by atoms with Crippen molar-refractivity contribution in [1.82, 2.24) is 8.87 Å². The number of benzene rings is 1. The van der Waals surface area contributed by atoms with E-state index in [2.05, 4.69) is 11.5 Å². The first kappa shape index (κ1) is 20.7. The Hall–Kier alpha value is -2.03. The molecule has 1 aromatic heterocycles. The Morgan fingerprint density at radius 1 is 1.18 bits per heavy atom. The van der Waals surface area contributed by atoms with Gasteiger partial charge in [-0.05, 0) is 39.0 Å². The molecule has 0 spiro atoms. The van der Waals surface area contributed by atoms with Gasteiger partial charge in [0.1, 0.15) is 17.3 Å². The molecule has 1 aliphatic rings. The molecule has 1 aromatic carbocycles. The number of aryl methyl sites for hydroxylation is 1. The third-order valence-electron chi connectivity index (χ3n) is 5.48. The fourth-order valence-corrected chi connectivity index (χ4v) is 5.41. The number of nitrogens with zero attached hydrogens (tertiary/aromatic N) is 2. The Bertz CT molecular complexity index is 977. The molecule has 152 valence electrons. The van der Waals surface area contributed by atoms with E-state index < -0.39 is 15.8 Å². The Morgan fingerprint density at radius 2 is 1.82 bits per heavy atom. The van der Waals surface area contributed by atoms with E-state index in [1.165, 1.54) is 22.5 Å². The minimum Gasteiger partial charge on any atom is -0.349 e. The molecule has 2 heterocycles. The van der Waals surface area contributed by atoms with E-state index in [4.69, 9.17) is 0 Å². The number of ketones is 1. The van der Waals surface area contributed by atoms with E-state index >= 15 is 0 Å². The van der Waals surface area contributed by atoms with Gasteiger partial charge in [-0.3, -0.25) is 4.79 Å². The van der Waals surface area contributed by atoms with E-state index in [1.54, 1.807) is 0 Å². The number of Topliss-reactive ketones (excluding diaryl/α,β-unsaturated/α-hetero) is 1. The highest BCUT2D eigenvalue weighted by molar-refractivity contribution is 7.89. The van der Waals surface area contributed by atoms with Gasteiger partial charge in [0.15, 0.2) is 0 Å². The summed E-state index contributed by atoms with van der Waals surface area (Å²) in [7, 11) is -3.85. The molecule has 0 amide bonds. The number of aromatic nitrogens is 1. The zero-order valence-electron chi connectivity index (χ0n) is 16.5. The van der Waals surface area contributed by atoms with Crippen molar-refractivity contribution in [3.8, 4) is 0 Å². The molecule has 0 unspecified atom stereocenters. The van der Waals surface area contributed by atoms with Crippen molar-refractivity contribution in [2.75, 3.05) is 32.7 Å². The van der Waals surface area contributed by atoms with Gasteiger partial charge in [0.2, 0.25) is 15.8 Å². The van der Waals surface area contributed by atoms with Crippen molar-refractivity contribution in [1.29, 1.82) is 0 Å². The summed E-state index contributed by atoms with van der Waals surface area (Å²) in [5.41, 5.74) is 2.79. The summed E-state index contributed by atoms with van der Waals surface area (Å²) in [5, 5.41) is 0. The summed E-state index contributed by atoms with van der Waals surface area (Å²) in [6.45, 7) is 8.74. The Kier molecular flexibility index (Phi) is 6.02. The minimum absolute atomic E-state index is 0.0770. The van der Waals surface area contributed by atoms with E-state index in [0.29, 0.717) is 19.6 Å². The van der Waals surface area contributed by atoms with Crippen molar-refractivity contribution in [3.63, 3.8) is 0 Å². The molecule has 6 nitrogen and oxygen atoms in total. The van der Waals surface area contributed by atoms with E-state index in [1.807, 2.05) is 19.9 Å². The lowest BCUT2D eigenvalue weighted by Gasteiger charge is -2.31. The Morgan fingerprint density at radius 3 is 2.39 bits per heavy atom. The number of halogens is 1. The number of rotatable bonds is 6. The fourth-order valence-electron chi connectivity index (χ4n) is 3.90. The molecule has 0 aliphatic carbocycles. The van der Waals surface area contributed by atoms with Crippen LogP contribution in [0.5, 0.6) is 0 Å². The highest BCUT2D eigenvalue weighted by Gasteiger charge is 2.33. The van der Waals surface area contributed by atoms with Gasteiger partial charge in [-0.1, -0.05) is 12.1 Å². The molecule has 1 saturated heterocycles. The summed E-state index contributed by atoms with van der Waals surface area (Å²) in [6, 6.07) is 7.36. The molecular formula is C20H27FN3O3S+. The highest BCUT2D eigenvalue weighted by atomic mass is 32.2. The van der Waals surface area contributed by atoms with Crippen molar-refractivity contribution >= 4 is 15.8 Å². The van der Waals surface area contributed by atoms with Crippen molar-refractivity contribution in [2.45, 2.75) is 32.2 Å². The number of sulfonamides is 1. The lowest BCUT2D eigenvalue weighted by molar-refractivity contribution is -0.895. The molecule has 2 aromatic rings. The monoisotopic (exact) mass is 408 g/mol. The number of carbonyl (C=O) groups is 1. The normalized spacial score (nSPS) is 16.4. The van der Waals surface area contributed by atoms with Crippen LogP contribution in [0.2, 0.25) is 0 Å². The summed E-state index contributed by atoms with van der Waals surface area (Å²) < 4.78 is 42.7. The largest absolute Gasteiger partial charge is 0.349 e. The Labute approximate surface area is 165 Å². The Balaban J connectivity index is 1.65. The second-order valence-corrected chi connectivity index (χ2v) is 9.12. The van der Waals surface area contributed by atoms with Crippen molar-refractivity contribution in [2.24, 2.45) is 0 Å². The number of quaternary nitrogens is 1. The van der Waals surface area contributed by atoms with Gasteiger partial charge in [0.25, 0.3) is 0 Å². The summed E-state index contributed by atoms with van der Waals surface area (Å²) in [5.74, 6) is -0.660. The smallest absolute Gasteiger partial charge is 0.246 e. The van der Waals surface area contributed by atoms with Crippen LogP contribution in [0.3, 0.4) is 0 Å². The van der Waals surface area contributed by atoms with Gasteiger partial charge in [-0.15, -0.1) is 0 Å². The predicted molar refractivity (Wildman–Crippen MR) is 105 cm³/mol. The maximum Gasteiger partial charge on any atom is 0.246 e. The zero-order chi connectivity index (χ0) is 20.5. The van der Waals surface area contributed by atoms with E-state index in [9.17, 15) is 17.6 Å². The van der Waals surface area contributed by atoms with Crippen LogP contribution in [0.4, 0.5) is 4.39 Å². The average Bonchev–Trinajstić information content (AvgIpc) is 2.96. The van der Waals surface area contributed by atoms with E-state index in [0.717, 1.165) is 34.5 Å². The van der Waals surface area contributed by atoms with Crippen LogP contribution in [0.1, 0.15) is 28.7 Å². The quantitative estimate of drug-likeness (QED) is 0.727. The molecule has 0 atom stereocenters. The minimum atomic E-state index is -3.85. The second-order valence-electron chi connectivity index (χ2n) is 7.21. The molecule has 0 saturated carbocycles. The van der Waals surface area contributed by atoms with Crippen LogP contribution in [0, 0.1) is 19.7 Å². The molecule has 0 bridgehead atoms. The van der Waals surface area contributed by atoms with Crippen LogP contribution in [0.15, 0.2) is 35.2 Å². The van der Waals surface area contributed by atoms with Gasteiger partial charge in [-0.25, -0.2) is 12.8 Å². The van der Waals surface area contributed by atoms with Crippen molar-refractivity contribution in [3.05, 3.63) is 53.1 Å². The van der Waals surface area contributed by atoms with Crippen LogP contribution >= 0.6 is 0 Å². The molecule has 3 rings (SSSR count). The zero-order valence-corrected chi connectivity index (χ0v) is 17.4. The molecule has 1 N–H and O–H groups in total. The maximum atomic E-state index is 13.9. The summed E-state index contributed by atoms with van der Waals surface area (Å²) >= 11 is 0. The lowest BCUT2D eigenvalue weighted by atomic mass is 10.1. The third kappa shape index (κ3) is 3.90. The number of carbonyl (C=O) groups excluding carboxylic acids is 1. The lowest BCUT2D eigenvalue weighted by Crippen LogP contribution is -3.15. The third-order valence-corrected chi connectivity index (χ3v) is 7.42. The fraction of sp³-hybridized carbons (Fsp3) is 0.450. The first-order valence-electron chi connectivity index (χ1n) is 9.54. The van der Waals surface area contributed by atoms with Crippen LogP contribution in [-0.4, -0.2) is 55.8 Å². The molecular weight excluding hydrogens is 381 g/mol. The van der Waals surface area contributed by atoms with Crippen LogP contribution in [0.25, 0.3) is 0 Å². The summed E-state index contributed by atoms with van der Waals surface area (Å²) in [4.78, 5) is 13.5. The SMILES string of the molecule is CCn1c(C)cc(C(=O)C[NH+]2CCN(S(=O)(=O)c3ccccc3F)CC2)c1C. The number of hydrogen-bond acceptors (Lipinski definition) is 3. The number of piperazine rings is 1. The van der Waals surface area contributed by atoms with Crippen LogP contribution < -0.4 is 4.90 Å². The molecule has 1 aliphatic heterocycles. The van der Waals surface area contributed by atoms with Gasteiger partial charge in [0.05, 0.1) is 26.2 Å². The first-order valence-corrected chi connectivity index (χ1v) is 11.0. The van der Waals surface area contributed by atoms with Gasteiger partial charge >= 0.3 is 0 Å². The molecule has 28 heavy (non-hydrogen) atoms. The number of hydrogen-bond donors (Lipinski definition) is 1. The standard InChI is InChI=1S/C20H26FN3O3S/c1-4-24-15(2)13-17(16(24)3)19(25)14-22-9-11-23(12-10-22)28(26,27)20-8-6-5-7-18(20)21/h5-8,13H,4,9-12,14H2,1-3H3/p+1. The van der Waals surface area contributed by atoms with Crippen molar-refractivity contribution < 1.29 is 22.5 Å². The maximum absolute atomic E-state index is 13.9. The van der Waals surface area contributed by atoms with Crippen LogP contribution in [-0.2, 0) is 16.6 Å².